The number of aromatic amines is 1. The van der Waals surface area contributed by atoms with E-state index in [4.69, 9.17) is 9.47 Å². The topological polar surface area (TPSA) is 109 Å². The summed E-state index contributed by atoms with van der Waals surface area (Å²) in [5.41, 5.74) is 2.09. The normalized spacial score (nSPS) is 14.4. The van der Waals surface area contributed by atoms with Crippen molar-refractivity contribution in [1.82, 2.24) is 20.5 Å². The summed E-state index contributed by atoms with van der Waals surface area (Å²) in [6.45, 7) is 1.92. The monoisotopic (exact) mass is 449 g/mol. The van der Waals surface area contributed by atoms with Crippen LogP contribution < -0.4 is 10.2 Å². The number of hydrogen-bond donors (Lipinski definition) is 2. The molecule has 1 aliphatic heterocycles. The third-order valence-electron chi connectivity index (χ3n) is 5.39. The molecule has 3 heterocycles. The number of carbonyl (C=O) groups is 2. The van der Waals surface area contributed by atoms with Crippen molar-refractivity contribution in [3.05, 3.63) is 60.4 Å². The highest BCUT2D eigenvalue weighted by Gasteiger charge is 2.17. The number of aromatic nitrogens is 3. The molecule has 9 heteroatoms. The number of nitrogens with one attached hydrogen (secondary N) is 2. The number of fused-ring (bicyclic) bond motifs is 1. The molecule has 33 heavy (non-hydrogen) atoms. The number of hydrogen-bond acceptors (Lipinski definition) is 6. The number of carbonyl (C=O) groups excluding carboxylic acids is 2. The smallest absolute Gasteiger partial charge is 0.407 e. The van der Waals surface area contributed by atoms with Crippen molar-refractivity contribution in [2.45, 2.75) is 25.3 Å². The standard InChI is InChI=1S/C24H27N5O4/c30-22(10-9-21-20-8-4-13-25-23(20)28-27-21)29(19-6-2-1-3-7-19)14-5-15-33-24(31)26-18-11-16-32-17-12-18/h1-4,6-10,13,18H,5,11-12,14-17H2,(H,26,31)(H,25,27,28)/b10-9+. The van der Waals surface area contributed by atoms with Crippen LogP contribution in [0, 0.1) is 0 Å². The first kappa shape index (κ1) is 22.5. The number of amides is 2. The molecule has 4 rings (SSSR count). The fourth-order valence-corrected chi connectivity index (χ4v) is 3.65. The van der Waals surface area contributed by atoms with E-state index in [1.54, 1.807) is 17.2 Å². The van der Waals surface area contributed by atoms with Crippen LogP contribution in [0.3, 0.4) is 0 Å². The molecule has 1 saturated heterocycles. The molecule has 2 aromatic heterocycles. The molecule has 0 saturated carbocycles. The van der Waals surface area contributed by atoms with E-state index >= 15 is 0 Å². The van der Waals surface area contributed by atoms with Crippen molar-refractivity contribution in [3.63, 3.8) is 0 Å². The Morgan fingerprint density at radius 2 is 2.00 bits per heavy atom. The summed E-state index contributed by atoms with van der Waals surface area (Å²) >= 11 is 0. The van der Waals surface area contributed by atoms with E-state index in [1.807, 2.05) is 42.5 Å². The van der Waals surface area contributed by atoms with Gasteiger partial charge in [0.15, 0.2) is 5.65 Å². The number of nitrogens with zero attached hydrogens (tertiary/aromatic N) is 3. The van der Waals surface area contributed by atoms with Gasteiger partial charge in [0.05, 0.1) is 12.3 Å². The summed E-state index contributed by atoms with van der Waals surface area (Å²) in [5.74, 6) is -0.181. The molecule has 9 nitrogen and oxygen atoms in total. The number of pyridine rings is 1. The molecule has 0 bridgehead atoms. The summed E-state index contributed by atoms with van der Waals surface area (Å²) in [5, 5.41) is 10.8. The summed E-state index contributed by atoms with van der Waals surface area (Å²) in [6.07, 6.45) is 6.54. The number of alkyl carbamates (subject to hydrolysis) is 1. The Kier molecular flexibility index (Phi) is 7.65. The number of benzene rings is 1. The molecule has 0 atom stereocenters. The van der Waals surface area contributed by atoms with Crippen molar-refractivity contribution in [2.24, 2.45) is 0 Å². The van der Waals surface area contributed by atoms with Crippen LogP contribution in [0.25, 0.3) is 17.1 Å². The van der Waals surface area contributed by atoms with Gasteiger partial charge in [-0.1, -0.05) is 18.2 Å². The van der Waals surface area contributed by atoms with Crippen LogP contribution in [0.1, 0.15) is 25.0 Å². The molecule has 1 fully saturated rings. The molecule has 0 spiro atoms. The van der Waals surface area contributed by atoms with Crippen LogP contribution in [0.15, 0.2) is 54.7 Å². The number of anilines is 1. The predicted molar refractivity (Wildman–Crippen MR) is 125 cm³/mol. The Labute approximate surface area is 191 Å². The van der Waals surface area contributed by atoms with E-state index in [-0.39, 0.29) is 18.6 Å². The second kappa shape index (κ2) is 11.2. The minimum atomic E-state index is -0.431. The Bertz CT molecular complexity index is 1090. The number of H-pyrrole nitrogens is 1. The van der Waals surface area contributed by atoms with Gasteiger partial charge in [-0.25, -0.2) is 9.78 Å². The molecule has 2 amide bonds. The first-order valence-electron chi connectivity index (χ1n) is 11.1. The van der Waals surface area contributed by atoms with Gasteiger partial charge in [0.1, 0.15) is 0 Å². The molecule has 0 aliphatic carbocycles. The van der Waals surface area contributed by atoms with Crippen LogP contribution in [0.5, 0.6) is 0 Å². The van der Waals surface area contributed by atoms with Crippen molar-refractivity contribution in [2.75, 3.05) is 31.3 Å². The lowest BCUT2D eigenvalue weighted by molar-refractivity contribution is -0.114. The van der Waals surface area contributed by atoms with Gasteiger partial charge >= 0.3 is 6.09 Å². The summed E-state index contributed by atoms with van der Waals surface area (Å²) in [4.78, 5) is 30.9. The van der Waals surface area contributed by atoms with E-state index < -0.39 is 6.09 Å². The number of rotatable bonds is 8. The largest absolute Gasteiger partial charge is 0.449 e. The van der Waals surface area contributed by atoms with Crippen LogP contribution in [0.2, 0.25) is 0 Å². The minimum Gasteiger partial charge on any atom is -0.449 e. The maximum Gasteiger partial charge on any atom is 0.407 e. The SMILES string of the molecule is O=C(NC1CCOCC1)OCCCN(C(=O)/C=C/c1[nH]nc2ncccc12)c1ccccc1. The molecule has 2 N–H and O–H groups in total. The number of para-hydroxylation sites is 1. The first-order valence-corrected chi connectivity index (χ1v) is 11.1. The molecular weight excluding hydrogens is 422 g/mol. The Morgan fingerprint density at radius 3 is 2.82 bits per heavy atom. The lowest BCUT2D eigenvalue weighted by Gasteiger charge is -2.23. The van der Waals surface area contributed by atoms with E-state index in [1.165, 1.54) is 6.08 Å². The zero-order valence-electron chi connectivity index (χ0n) is 18.3. The van der Waals surface area contributed by atoms with E-state index in [0.717, 1.165) is 23.9 Å². The summed E-state index contributed by atoms with van der Waals surface area (Å²) in [6, 6.07) is 13.2. The fourth-order valence-electron chi connectivity index (χ4n) is 3.65. The van der Waals surface area contributed by atoms with E-state index in [9.17, 15) is 9.59 Å². The molecule has 1 aliphatic rings. The van der Waals surface area contributed by atoms with Crippen molar-refractivity contribution in [1.29, 1.82) is 0 Å². The van der Waals surface area contributed by atoms with Gasteiger partial charge in [-0.2, -0.15) is 5.10 Å². The van der Waals surface area contributed by atoms with Crippen LogP contribution in [0.4, 0.5) is 10.5 Å². The molecule has 3 aromatic rings. The second-order valence-electron chi connectivity index (χ2n) is 7.69. The Balaban J connectivity index is 1.34. The number of ether oxygens (including phenoxy) is 2. The summed E-state index contributed by atoms with van der Waals surface area (Å²) in [7, 11) is 0. The summed E-state index contributed by atoms with van der Waals surface area (Å²) < 4.78 is 10.6. The maximum atomic E-state index is 13.0. The predicted octanol–water partition coefficient (Wildman–Crippen LogP) is 3.30. The molecule has 0 unspecified atom stereocenters. The first-order chi connectivity index (χ1) is 16.2. The fraction of sp³-hybridized carbons (Fsp3) is 0.333. The Morgan fingerprint density at radius 1 is 1.18 bits per heavy atom. The van der Waals surface area contributed by atoms with Crippen LogP contribution in [-0.2, 0) is 14.3 Å². The quantitative estimate of drug-likeness (QED) is 0.403. The van der Waals surface area contributed by atoms with Gasteiger partial charge in [-0.3, -0.25) is 9.89 Å². The van der Waals surface area contributed by atoms with Crippen molar-refractivity contribution < 1.29 is 19.1 Å². The highest BCUT2D eigenvalue weighted by molar-refractivity contribution is 6.04. The average Bonchev–Trinajstić information content (AvgIpc) is 3.27. The minimum absolute atomic E-state index is 0.0903. The molecule has 0 radical (unpaired) electrons. The lowest BCUT2D eigenvalue weighted by Crippen LogP contribution is -2.39. The lowest BCUT2D eigenvalue weighted by atomic mass is 10.1. The van der Waals surface area contributed by atoms with Crippen LogP contribution in [-0.4, -0.2) is 59.6 Å². The average molecular weight is 450 g/mol. The molecule has 1 aromatic carbocycles. The third-order valence-corrected chi connectivity index (χ3v) is 5.39. The van der Waals surface area contributed by atoms with Gasteiger partial charge in [0.25, 0.3) is 5.91 Å². The maximum absolute atomic E-state index is 13.0. The molecular formula is C24H27N5O4. The second-order valence-corrected chi connectivity index (χ2v) is 7.69. The molecule has 172 valence electrons. The van der Waals surface area contributed by atoms with Gasteiger partial charge < -0.3 is 19.7 Å². The van der Waals surface area contributed by atoms with Gasteiger partial charge in [0, 0.05) is 49.1 Å². The van der Waals surface area contributed by atoms with Crippen LogP contribution >= 0.6 is 0 Å². The van der Waals surface area contributed by atoms with Gasteiger partial charge in [-0.05, 0) is 49.6 Å². The van der Waals surface area contributed by atoms with Crippen molar-refractivity contribution >= 4 is 34.8 Å². The highest BCUT2D eigenvalue weighted by Crippen LogP contribution is 2.17. The zero-order chi connectivity index (χ0) is 22.9. The zero-order valence-corrected chi connectivity index (χ0v) is 18.3. The third kappa shape index (κ3) is 6.17. The Hall–Kier alpha value is -3.72. The van der Waals surface area contributed by atoms with Gasteiger partial charge in [0.2, 0.25) is 0 Å². The van der Waals surface area contributed by atoms with Gasteiger partial charge in [-0.15, -0.1) is 0 Å². The highest BCUT2D eigenvalue weighted by atomic mass is 16.5. The van der Waals surface area contributed by atoms with Crippen molar-refractivity contribution in [3.8, 4) is 0 Å². The van der Waals surface area contributed by atoms with E-state index in [0.29, 0.717) is 37.5 Å². The van der Waals surface area contributed by atoms with E-state index in [2.05, 4.69) is 20.5 Å².